The zero-order valence-corrected chi connectivity index (χ0v) is 9.86. The molecule has 1 aromatic rings. The average molecular weight is 233 g/mol. The maximum absolute atomic E-state index is 12.1. The maximum atomic E-state index is 12.1. The number of primary amides is 1. The minimum absolute atomic E-state index is 0.0763. The molecular formula is C12H15N3O2. The number of fused-ring (bicyclic) bond motifs is 1. The molecule has 90 valence electrons. The van der Waals surface area contributed by atoms with Crippen LogP contribution in [-0.4, -0.2) is 25.4 Å². The van der Waals surface area contributed by atoms with Crippen LogP contribution < -0.4 is 16.0 Å². The van der Waals surface area contributed by atoms with Gasteiger partial charge in [-0.3, -0.25) is 9.59 Å². The van der Waals surface area contributed by atoms with Crippen molar-refractivity contribution in [2.45, 2.75) is 13.0 Å². The second kappa shape index (κ2) is 4.18. The molecule has 0 spiro atoms. The Hall–Kier alpha value is -1.88. The summed E-state index contributed by atoms with van der Waals surface area (Å²) in [6.07, 6.45) is 0. The van der Waals surface area contributed by atoms with Crippen molar-refractivity contribution >= 4 is 17.5 Å². The van der Waals surface area contributed by atoms with Gasteiger partial charge in [0.25, 0.3) is 0 Å². The molecule has 0 aromatic heterocycles. The Bertz CT molecular complexity index is 485. The third kappa shape index (κ3) is 1.89. The van der Waals surface area contributed by atoms with E-state index in [0.717, 1.165) is 16.8 Å². The summed E-state index contributed by atoms with van der Waals surface area (Å²) >= 11 is 0. The Morgan fingerprint density at radius 1 is 1.53 bits per heavy atom. The average Bonchev–Trinajstić information content (AvgIpc) is 2.50. The molecule has 1 heterocycles. The van der Waals surface area contributed by atoms with Crippen molar-refractivity contribution in [1.29, 1.82) is 0 Å². The molecule has 1 aromatic carbocycles. The van der Waals surface area contributed by atoms with Gasteiger partial charge >= 0.3 is 0 Å². The van der Waals surface area contributed by atoms with Crippen LogP contribution in [-0.2, 0) is 9.59 Å². The smallest absolute Gasteiger partial charge is 0.249 e. The lowest BCUT2D eigenvalue weighted by molar-refractivity contribution is -0.123. The minimum atomic E-state index is -0.512. The van der Waals surface area contributed by atoms with Crippen LogP contribution in [0.5, 0.6) is 0 Å². The van der Waals surface area contributed by atoms with E-state index in [2.05, 4.69) is 5.32 Å². The summed E-state index contributed by atoms with van der Waals surface area (Å²) in [4.78, 5) is 24.5. The summed E-state index contributed by atoms with van der Waals surface area (Å²) in [6, 6.07) is 5.33. The van der Waals surface area contributed by atoms with E-state index in [9.17, 15) is 9.59 Å². The van der Waals surface area contributed by atoms with Gasteiger partial charge in [-0.25, -0.2) is 0 Å². The number of rotatable bonds is 3. The second-order valence-corrected chi connectivity index (χ2v) is 4.17. The van der Waals surface area contributed by atoms with Gasteiger partial charge in [0.2, 0.25) is 11.8 Å². The van der Waals surface area contributed by atoms with E-state index in [-0.39, 0.29) is 18.5 Å². The number of carbonyl (C=O) groups is 2. The zero-order chi connectivity index (χ0) is 12.6. The lowest BCUT2D eigenvalue weighted by atomic mass is 10.1. The minimum Gasteiger partial charge on any atom is -0.368 e. The van der Waals surface area contributed by atoms with Gasteiger partial charge in [-0.2, -0.15) is 0 Å². The fraction of sp³-hybridized carbons (Fsp3) is 0.333. The molecule has 0 radical (unpaired) electrons. The van der Waals surface area contributed by atoms with Gasteiger partial charge in [0, 0.05) is 11.3 Å². The monoisotopic (exact) mass is 233 g/mol. The zero-order valence-electron chi connectivity index (χ0n) is 9.86. The van der Waals surface area contributed by atoms with Crippen molar-refractivity contribution in [3.63, 3.8) is 0 Å². The Kier molecular flexibility index (Phi) is 2.85. The largest absolute Gasteiger partial charge is 0.368 e. The molecule has 0 aliphatic carbocycles. The van der Waals surface area contributed by atoms with Crippen LogP contribution in [0.2, 0.25) is 0 Å². The fourth-order valence-corrected chi connectivity index (χ4v) is 2.16. The number of nitrogens with zero attached hydrogens (tertiary/aromatic N) is 1. The topological polar surface area (TPSA) is 75.4 Å². The van der Waals surface area contributed by atoms with Crippen LogP contribution in [0.25, 0.3) is 0 Å². The summed E-state index contributed by atoms with van der Waals surface area (Å²) in [5.74, 6) is -0.645. The highest BCUT2D eigenvalue weighted by molar-refractivity contribution is 6.07. The number of nitrogens with two attached hydrogens (primary N) is 1. The van der Waals surface area contributed by atoms with Crippen LogP contribution in [0.4, 0.5) is 5.69 Å². The highest BCUT2D eigenvalue weighted by atomic mass is 16.2. The van der Waals surface area contributed by atoms with Crippen LogP contribution in [0.15, 0.2) is 18.2 Å². The highest BCUT2D eigenvalue weighted by Crippen LogP contribution is 2.35. The number of carbonyl (C=O) groups excluding carboxylic acids is 2. The Labute approximate surface area is 99.6 Å². The van der Waals surface area contributed by atoms with Crippen LogP contribution in [0.1, 0.15) is 17.2 Å². The molecule has 2 rings (SSSR count). The number of anilines is 1. The van der Waals surface area contributed by atoms with Gasteiger partial charge in [-0.15, -0.1) is 0 Å². The third-order valence-electron chi connectivity index (χ3n) is 2.90. The molecule has 17 heavy (non-hydrogen) atoms. The molecule has 1 aliphatic heterocycles. The number of likely N-dealkylation sites (N-methyl/N-ethyl adjacent to an activating group) is 1. The van der Waals surface area contributed by atoms with Gasteiger partial charge < -0.3 is 16.0 Å². The number of hydrogen-bond acceptors (Lipinski definition) is 3. The summed E-state index contributed by atoms with van der Waals surface area (Å²) in [5, 5.41) is 2.96. The Morgan fingerprint density at radius 2 is 2.24 bits per heavy atom. The molecule has 0 saturated carbocycles. The number of benzene rings is 1. The van der Waals surface area contributed by atoms with Crippen LogP contribution >= 0.6 is 0 Å². The SMILES string of the molecule is CNC1C(=O)N(CC(N)=O)c2ccc(C)cc21. The van der Waals surface area contributed by atoms with Gasteiger partial charge in [0.1, 0.15) is 12.6 Å². The first-order valence-electron chi connectivity index (χ1n) is 5.42. The molecule has 1 aliphatic rings. The van der Waals surface area contributed by atoms with Crippen molar-refractivity contribution in [1.82, 2.24) is 5.32 Å². The first-order chi connectivity index (χ1) is 8.04. The van der Waals surface area contributed by atoms with E-state index in [4.69, 9.17) is 5.73 Å². The second-order valence-electron chi connectivity index (χ2n) is 4.17. The van der Waals surface area contributed by atoms with E-state index >= 15 is 0 Å². The van der Waals surface area contributed by atoms with E-state index in [1.54, 1.807) is 7.05 Å². The van der Waals surface area contributed by atoms with Gasteiger partial charge in [-0.1, -0.05) is 17.7 Å². The molecule has 3 N–H and O–H groups in total. The lowest BCUT2D eigenvalue weighted by Crippen LogP contribution is -2.39. The molecule has 0 fully saturated rings. The fourth-order valence-electron chi connectivity index (χ4n) is 2.16. The summed E-state index contributed by atoms with van der Waals surface area (Å²) in [7, 11) is 1.72. The highest BCUT2D eigenvalue weighted by Gasteiger charge is 2.36. The number of aryl methyl sites for hydroxylation is 1. The quantitative estimate of drug-likeness (QED) is 0.776. The number of hydrogen-bond donors (Lipinski definition) is 2. The Balaban J connectivity index is 2.46. The van der Waals surface area contributed by atoms with Crippen LogP contribution in [0.3, 0.4) is 0 Å². The third-order valence-corrected chi connectivity index (χ3v) is 2.90. The maximum Gasteiger partial charge on any atom is 0.249 e. The molecule has 0 saturated heterocycles. The predicted octanol–water partition coefficient (Wildman–Crippen LogP) is 0.0874. The molecule has 1 unspecified atom stereocenters. The van der Waals surface area contributed by atoms with Crippen molar-refractivity contribution in [2.24, 2.45) is 5.73 Å². The molecular weight excluding hydrogens is 218 g/mol. The van der Waals surface area contributed by atoms with Crippen molar-refractivity contribution in [2.75, 3.05) is 18.5 Å². The predicted molar refractivity (Wildman–Crippen MR) is 64.5 cm³/mol. The van der Waals surface area contributed by atoms with Gasteiger partial charge in [-0.05, 0) is 20.0 Å². The van der Waals surface area contributed by atoms with Gasteiger partial charge in [0.05, 0.1) is 0 Å². The molecule has 5 heteroatoms. The first kappa shape index (κ1) is 11.6. The van der Waals surface area contributed by atoms with E-state index < -0.39 is 5.91 Å². The summed E-state index contributed by atoms with van der Waals surface area (Å²) < 4.78 is 0. The van der Waals surface area contributed by atoms with Gasteiger partial charge in [0.15, 0.2) is 0 Å². The molecule has 0 bridgehead atoms. The summed E-state index contributed by atoms with van der Waals surface area (Å²) in [6.45, 7) is 1.89. The lowest BCUT2D eigenvalue weighted by Gasteiger charge is -2.15. The van der Waals surface area contributed by atoms with Crippen molar-refractivity contribution < 1.29 is 9.59 Å². The number of amides is 2. The standard InChI is InChI=1S/C12H15N3O2/c1-7-3-4-9-8(5-7)11(14-2)12(17)15(9)6-10(13)16/h3-5,11,14H,6H2,1-2H3,(H2,13,16). The van der Waals surface area contributed by atoms with E-state index in [1.807, 2.05) is 25.1 Å². The molecule has 2 amide bonds. The number of nitrogens with one attached hydrogen (secondary N) is 1. The normalized spacial score (nSPS) is 18.4. The van der Waals surface area contributed by atoms with Crippen LogP contribution in [0, 0.1) is 6.92 Å². The molecule has 5 nitrogen and oxygen atoms in total. The van der Waals surface area contributed by atoms with E-state index in [1.165, 1.54) is 4.90 Å². The van der Waals surface area contributed by atoms with Crippen molar-refractivity contribution in [3.05, 3.63) is 29.3 Å². The molecule has 1 atom stereocenters. The van der Waals surface area contributed by atoms with Crippen molar-refractivity contribution in [3.8, 4) is 0 Å². The van der Waals surface area contributed by atoms with E-state index in [0.29, 0.717) is 0 Å². The summed E-state index contributed by atoms with van der Waals surface area (Å²) in [5.41, 5.74) is 7.90. The first-order valence-corrected chi connectivity index (χ1v) is 5.42. The Morgan fingerprint density at radius 3 is 2.82 bits per heavy atom.